The van der Waals surface area contributed by atoms with Crippen LogP contribution in [0, 0.1) is 5.92 Å². The number of hydrogen-bond acceptors (Lipinski definition) is 4. The Morgan fingerprint density at radius 2 is 1.95 bits per heavy atom. The van der Waals surface area contributed by atoms with Crippen LogP contribution in [0.2, 0.25) is 0 Å². The molecule has 1 aliphatic carbocycles. The number of rotatable bonds is 10. The van der Waals surface area contributed by atoms with Crippen LogP contribution >= 0.6 is 0 Å². The van der Waals surface area contributed by atoms with Crippen molar-refractivity contribution in [3.05, 3.63) is 0 Å². The second kappa shape index (κ2) is 8.12. The fourth-order valence-corrected chi connectivity index (χ4v) is 1.72. The zero-order valence-electron chi connectivity index (χ0n) is 11.6. The van der Waals surface area contributed by atoms with Crippen molar-refractivity contribution in [2.75, 3.05) is 33.0 Å². The standard InChI is InChI=1S/C13H23NO5/c1-3-18-6-7-19-9-12(15)14(11-4-5-11)8-10(2)13(16)17/h10-11H,3-9H2,1-2H3,(H,16,17). The molecule has 19 heavy (non-hydrogen) atoms. The van der Waals surface area contributed by atoms with Gasteiger partial charge in [-0.15, -0.1) is 0 Å². The van der Waals surface area contributed by atoms with Crippen LogP contribution in [-0.2, 0) is 19.1 Å². The molecule has 1 saturated carbocycles. The van der Waals surface area contributed by atoms with Crippen LogP contribution in [0.25, 0.3) is 0 Å². The van der Waals surface area contributed by atoms with E-state index in [-0.39, 0.29) is 25.1 Å². The number of nitrogens with zero attached hydrogens (tertiary/aromatic N) is 1. The Balaban J connectivity index is 2.30. The molecule has 6 nitrogen and oxygen atoms in total. The highest BCUT2D eigenvalue weighted by atomic mass is 16.5. The predicted molar refractivity (Wildman–Crippen MR) is 68.8 cm³/mol. The summed E-state index contributed by atoms with van der Waals surface area (Å²) in [6.45, 7) is 5.24. The van der Waals surface area contributed by atoms with Gasteiger partial charge in [0.1, 0.15) is 6.61 Å². The molecule has 1 unspecified atom stereocenters. The minimum Gasteiger partial charge on any atom is -0.481 e. The minimum atomic E-state index is -0.879. The Bertz CT molecular complexity index is 303. The lowest BCUT2D eigenvalue weighted by molar-refractivity contribution is -0.144. The number of amides is 1. The lowest BCUT2D eigenvalue weighted by Gasteiger charge is -2.24. The maximum atomic E-state index is 12.0. The van der Waals surface area contributed by atoms with Gasteiger partial charge in [-0.25, -0.2) is 0 Å². The van der Waals surface area contributed by atoms with Gasteiger partial charge in [-0.3, -0.25) is 9.59 Å². The molecule has 1 rings (SSSR count). The van der Waals surface area contributed by atoms with E-state index in [4.69, 9.17) is 14.6 Å². The van der Waals surface area contributed by atoms with E-state index in [1.165, 1.54) is 0 Å². The second-order valence-electron chi connectivity index (χ2n) is 4.77. The van der Waals surface area contributed by atoms with E-state index in [2.05, 4.69) is 0 Å². The SMILES string of the molecule is CCOCCOCC(=O)N(CC(C)C(=O)O)C1CC1. The summed E-state index contributed by atoms with van der Waals surface area (Å²) in [5.74, 6) is -1.56. The zero-order valence-corrected chi connectivity index (χ0v) is 11.6. The Labute approximate surface area is 113 Å². The molecule has 0 saturated heterocycles. The molecule has 110 valence electrons. The highest BCUT2D eigenvalue weighted by Gasteiger charge is 2.34. The van der Waals surface area contributed by atoms with E-state index >= 15 is 0 Å². The summed E-state index contributed by atoms with van der Waals surface area (Å²) in [6.07, 6.45) is 1.91. The van der Waals surface area contributed by atoms with Gasteiger partial charge in [0.25, 0.3) is 0 Å². The zero-order chi connectivity index (χ0) is 14.3. The maximum Gasteiger partial charge on any atom is 0.308 e. The van der Waals surface area contributed by atoms with Crippen molar-refractivity contribution in [3.63, 3.8) is 0 Å². The molecule has 0 bridgehead atoms. The number of carbonyl (C=O) groups excluding carboxylic acids is 1. The lowest BCUT2D eigenvalue weighted by Crippen LogP contribution is -2.40. The van der Waals surface area contributed by atoms with Gasteiger partial charge in [0.2, 0.25) is 5.91 Å². The fraction of sp³-hybridized carbons (Fsp3) is 0.846. The molecule has 0 radical (unpaired) electrons. The van der Waals surface area contributed by atoms with E-state index in [1.807, 2.05) is 6.92 Å². The Morgan fingerprint density at radius 1 is 1.32 bits per heavy atom. The summed E-state index contributed by atoms with van der Waals surface area (Å²) in [7, 11) is 0. The molecule has 1 fully saturated rings. The summed E-state index contributed by atoms with van der Waals surface area (Å²) in [5, 5.41) is 8.90. The van der Waals surface area contributed by atoms with Gasteiger partial charge in [-0.2, -0.15) is 0 Å². The molecular weight excluding hydrogens is 250 g/mol. The van der Waals surface area contributed by atoms with Gasteiger partial charge >= 0.3 is 5.97 Å². The van der Waals surface area contributed by atoms with Gasteiger partial charge < -0.3 is 19.5 Å². The van der Waals surface area contributed by atoms with Crippen molar-refractivity contribution >= 4 is 11.9 Å². The van der Waals surface area contributed by atoms with Crippen LogP contribution in [-0.4, -0.2) is 60.9 Å². The molecule has 0 aromatic heterocycles. The number of carboxylic acid groups (broad SMARTS) is 1. The van der Waals surface area contributed by atoms with Crippen molar-refractivity contribution in [1.29, 1.82) is 0 Å². The van der Waals surface area contributed by atoms with Crippen LogP contribution < -0.4 is 0 Å². The second-order valence-corrected chi connectivity index (χ2v) is 4.77. The summed E-state index contributed by atoms with van der Waals surface area (Å²) >= 11 is 0. The van der Waals surface area contributed by atoms with E-state index in [0.29, 0.717) is 19.8 Å². The topological polar surface area (TPSA) is 76.1 Å². The van der Waals surface area contributed by atoms with Crippen molar-refractivity contribution in [1.82, 2.24) is 4.90 Å². The number of ether oxygens (including phenoxy) is 2. The summed E-state index contributed by atoms with van der Waals surface area (Å²) in [4.78, 5) is 24.5. The first-order valence-corrected chi connectivity index (χ1v) is 6.74. The molecule has 0 aliphatic heterocycles. The average molecular weight is 273 g/mol. The number of carboxylic acids is 1. The van der Waals surface area contributed by atoms with E-state index in [1.54, 1.807) is 11.8 Å². The highest BCUT2D eigenvalue weighted by molar-refractivity contribution is 5.79. The maximum absolute atomic E-state index is 12.0. The summed E-state index contributed by atoms with van der Waals surface area (Å²) < 4.78 is 10.3. The monoisotopic (exact) mass is 273 g/mol. The third-order valence-electron chi connectivity index (χ3n) is 3.00. The largest absolute Gasteiger partial charge is 0.481 e. The lowest BCUT2D eigenvalue weighted by atomic mass is 10.1. The first kappa shape index (κ1) is 15.9. The van der Waals surface area contributed by atoms with Crippen molar-refractivity contribution < 1.29 is 24.2 Å². The Morgan fingerprint density at radius 3 is 2.47 bits per heavy atom. The molecule has 1 N–H and O–H groups in total. The van der Waals surface area contributed by atoms with Crippen LogP contribution in [0.5, 0.6) is 0 Å². The van der Waals surface area contributed by atoms with Crippen LogP contribution in [0.15, 0.2) is 0 Å². The van der Waals surface area contributed by atoms with Crippen molar-refractivity contribution in [2.24, 2.45) is 5.92 Å². The van der Waals surface area contributed by atoms with Gasteiger partial charge in [0.05, 0.1) is 19.1 Å². The Hall–Kier alpha value is -1.14. The number of carbonyl (C=O) groups is 2. The van der Waals surface area contributed by atoms with E-state index < -0.39 is 11.9 Å². The number of aliphatic carboxylic acids is 1. The van der Waals surface area contributed by atoms with E-state index in [0.717, 1.165) is 12.8 Å². The fourth-order valence-electron chi connectivity index (χ4n) is 1.72. The third kappa shape index (κ3) is 6.02. The van der Waals surface area contributed by atoms with Crippen molar-refractivity contribution in [2.45, 2.75) is 32.7 Å². The predicted octanol–water partition coefficient (Wildman–Crippen LogP) is 0.751. The molecule has 6 heteroatoms. The first-order valence-electron chi connectivity index (χ1n) is 6.74. The molecule has 0 aromatic rings. The molecule has 1 aliphatic rings. The van der Waals surface area contributed by atoms with Crippen LogP contribution in [0.1, 0.15) is 26.7 Å². The first-order chi connectivity index (χ1) is 9.06. The van der Waals surface area contributed by atoms with Gasteiger partial charge in [0.15, 0.2) is 0 Å². The summed E-state index contributed by atoms with van der Waals surface area (Å²) in [5.41, 5.74) is 0. The van der Waals surface area contributed by atoms with Gasteiger partial charge in [0, 0.05) is 19.2 Å². The molecule has 1 amide bonds. The van der Waals surface area contributed by atoms with Crippen molar-refractivity contribution in [3.8, 4) is 0 Å². The third-order valence-corrected chi connectivity index (χ3v) is 3.00. The van der Waals surface area contributed by atoms with E-state index in [9.17, 15) is 9.59 Å². The molecule has 0 heterocycles. The summed E-state index contributed by atoms with van der Waals surface area (Å²) in [6, 6.07) is 0.199. The average Bonchev–Trinajstić information content (AvgIpc) is 3.19. The van der Waals surface area contributed by atoms with Crippen LogP contribution in [0.4, 0.5) is 0 Å². The number of hydrogen-bond donors (Lipinski definition) is 1. The molecular formula is C13H23NO5. The molecule has 1 atom stereocenters. The molecule has 0 aromatic carbocycles. The van der Waals surface area contributed by atoms with Crippen LogP contribution in [0.3, 0.4) is 0 Å². The minimum absolute atomic E-state index is 0.00405. The Kier molecular flexibility index (Phi) is 6.80. The van der Waals surface area contributed by atoms with Gasteiger partial charge in [-0.05, 0) is 19.8 Å². The normalized spacial score (nSPS) is 16.1. The highest BCUT2D eigenvalue weighted by Crippen LogP contribution is 2.27. The van der Waals surface area contributed by atoms with Gasteiger partial charge in [-0.1, -0.05) is 6.92 Å². The molecule has 0 spiro atoms. The quantitative estimate of drug-likeness (QED) is 0.594. The smallest absolute Gasteiger partial charge is 0.308 e.